The van der Waals surface area contributed by atoms with Crippen molar-refractivity contribution in [2.45, 2.75) is 39.7 Å². The fourth-order valence-corrected chi connectivity index (χ4v) is 2.43. The molecule has 0 fully saturated rings. The lowest BCUT2D eigenvalue weighted by Crippen LogP contribution is -2.28. The zero-order chi connectivity index (χ0) is 14.3. The number of nitrogens with two attached hydrogens (primary N) is 1. The Hall–Kier alpha value is -0.900. The highest BCUT2D eigenvalue weighted by molar-refractivity contribution is 5.30. The fraction of sp³-hybridized carbons (Fsp3) is 0.625. The van der Waals surface area contributed by atoms with Crippen molar-refractivity contribution in [1.82, 2.24) is 4.90 Å². The Morgan fingerprint density at radius 2 is 1.79 bits per heavy atom. The van der Waals surface area contributed by atoms with E-state index in [-0.39, 0.29) is 12.6 Å². The van der Waals surface area contributed by atoms with E-state index in [1.165, 1.54) is 16.7 Å². The van der Waals surface area contributed by atoms with Crippen molar-refractivity contribution in [3.8, 4) is 0 Å². The van der Waals surface area contributed by atoms with E-state index < -0.39 is 0 Å². The zero-order valence-electron chi connectivity index (χ0n) is 12.5. The molecule has 0 saturated carbocycles. The molecule has 0 aliphatic rings. The second kappa shape index (κ2) is 8.31. The van der Waals surface area contributed by atoms with Gasteiger partial charge >= 0.3 is 0 Å². The van der Waals surface area contributed by atoms with Crippen LogP contribution in [0.15, 0.2) is 18.2 Å². The first-order valence-electron chi connectivity index (χ1n) is 7.23. The number of aliphatic hydroxyl groups excluding tert-OH is 1. The van der Waals surface area contributed by atoms with Crippen LogP contribution in [-0.4, -0.2) is 36.2 Å². The highest BCUT2D eigenvalue weighted by Crippen LogP contribution is 2.18. The Labute approximate surface area is 117 Å². The molecule has 0 aromatic heterocycles. The van der Waals surface area contributed by atoms with E-state index in [1.807, 2.05) is 0 Å². The molecule has 3 nitrogen and oxygen atoms in total. The third kappa shape index (κ3) is 5.72. The molecule has 108 valence electrons. The van der Waals surface area contributed by atoms with Crippen LogP contribution in [0.4, 0.5) is 0 Å². The highest BCUT2D eigenvalue weighted by atomic mass is 16.3. The van der Waals surface area contributed by atoms with Gasteiger partial charge in [0, 0.05) is 19.2 Å². The van der Waals surface area contributed by atoms with Crippen molar-refractivity contribution in [2.24, 2.45) is 5.73 Å². The molecule has 1 aromatic carbocycles. The molecule has 0 bridgehead atoms. The molecule has 3 heteroatoms. The van der Waals surface area contributed by atoms with Crippen LogP contribution < -0.4 is 5.73 Å². The van der Waals surface area contributed by atoms with Gasteiger partial charge < -0.3 is 15.7 Å². The summed E-state index contributed by atoms with van der Waals surface area (Å²) in [5.41, 5.74) is 10.1. The number of rotatable bonds is 8. The summed E-state index contributed by atoms with van der Waals surface area (Å²) < 4.78 is 0. The lowest BCUT2D eigenvalue weighted by molar-refractivity contribution is 0.225. The molecular formula is C16H28N2O. The molecule has 0 amide bonds. The first-order valence-corrected chi connectivity index (χ1v) is 7.23. The molecule has 0 heterocycles. The van der Waals surface area contributed by atoms with Gasteiger partial charge in [-0.3, -0.25) is 0 Å². The summed E-state index contributed by atoms with van der Waals surface area (Å²) in [5.74, 6) is 0. The van der Waals surface area contributed by atoms with Crippen LogP contribution in [-0.2, 0) is 0 Å². The Balaban J connectivity index is 2.51. The Bertz CT molecular complexity index is 359. The zero-order valence-corrected chi connectivity index (χ0v) is 12.5. The molecule has 0 saturated heterocycles. The Morgan fingerprint density at radius 1 is 1.16 bits per heavy atom. The van der Waals surface area contributed by atoms with E-state index >= 15 is 0 Å². The van der Waals surface area contributed by atoms with E-state index in [4.69, 9.17) is 10.8 Å². The fourth-order valence-electron chi connectivity index (χ4n) is 2.43. The average molecular weight is 264 g/mol. The van der Waals surface area contributed by atoms with Crippen LogP contribution in [0.1, 0.15) is 42.5 Å². The summed E-state index contributed by atoms with van der Waals surface area (Å²) in [7, 11) is 0. The van der Waals surface area contributed by atoms with Gasteiger partial charge in [0.05, 0.1) is 0 Å². The van der Waals surface area contributed by atoms with E-state index in [1.54, 1.807) is 0 Å². The number of benzene rings is 1. The van der Waals surface area contributed by atoms with Crippen LogP contribution >= 0.6 is 0 Å². The van der Waals surface area contributed by atoms with Gasteiger partial charge in [0.15, 0.2) is 0 Å². The van der Waals surface area contributed by atoms with Crippen molar-refractivity contribution in [1.29, 1.82) is 0 Å². The van der Waals surface area contributed by atoms with E-state index in [9.17, 15) is 0 Å². The summed E-state index contributed by atoms with van der Waals surface area (Å²) in [4.78, 5) is 2.35. The maximum absolute atomic E-state index is 8.88. The lowest BCUT2D eigenvalue weighted by atomic mass is 9.99. The molecule has 0 aliphatic carbocycles. The summed E-state index contributed by atoms with van der Waals surface area (Å²) in [5, 5.41) is 8.88. The first-order chi connectivity index (χ1) is 9.06. The van der Waals surface area contributed by atoms with Gasteiger partial charge in [-0.1, -0.05) is 36.2 Å². The van der Waals surface area contributed by atoms with Gasteiger partial charge in [0.25, 0.3) is 0 Å². The second-order valence-electron chi connectivity index (χ2n) is 5.33. The predicted molar refractivity (Wildman–Crippen MR) is 81.3 cm³/mol. The second-order valence-corrected chi connectivity index (χ2v) is 5.33. The molecular weight excluding hydrogens is 236 g/mol. The SMILES string of the molecule is CCN(CCCO)CCC(N)c1cc(C)cc(C)c1. The van der Waals surface area contributed by atoms with E-state index in [0.29, 0.717) is 0 Å². The van der Waals surface area contributed by atoms with Gasteiger partial charge in [-0.05, 0) is 45.3 Å². The normalized spacial score (nSPS) is 12.9. The molecule has 1 unspecified atom stereocenters. The quantitative estimate of drug-likeness (QED) is 0.758. The maximum atomic E-state index is 8.88. The molecule has 1 atom stereocenters. The van der Waals surface area contributed by atoms with Crippen molar-refractivity contribution in [2.75, 3.05) is 26.2 Å². The largest absolute Gasteiger partial charge is 0.396 e. The van der Waals surface area contributed by atoms with Gasteiger partial charge in [-0.15, -0.1) is 0 Å². The van der Waals surface area contributed by atoms with Gasteiger partial charge in [0.1, 0.15) is 0 Å². The molecule has 1 rings (SSSR count). The minimum Gasteiger partial charge on any atom is -0.396 e. The smallest absolute Gasteiger partial charge is 0.0443 e. The summed E-state index contributed by atoms with van der Waals surface area (Å²) in [6.07, 6.45) is 1.80. The summed E-state index contributed by atoms with van der Waals surface area (Å²) in [6, 6.07) is 6.64. The summed E-state index contributed by atoms with van der Waals surface area (Å²) in [6.45, 7) is 9.60. The van der Waals surface area contributed by atoms with E-state index in [2.05, 4.69) is 43.9 Å². The Morgan fingerprint density at radius 3 is 2.32 bits per heavy atom. The molecule has 19 heavy (non-hydrogen) atoms. The predicted octanol–water partition coefficient (Wildman–Crippen LogP) is 2.40. The number of hydrogen-bond donors (Lipinski definition) is 2. The number of hydrogen-bond acceptors (Lipinski definition) is 3. The minimum absolute atomic E-state index is 0.0989. The Kier molecular flexibility index (Phi) is 7.06. The maximum Gasteiger partial charge on any atom is 0.0443 e. The third-order valence-electron chi connectivity index (χ3n) is 3.51. The van der Waals surface area contributed by atoms with Crippen LogP contribution in [0.25, 0.3) is 0 Å². The topological polar surface area (TPSA) is 49.5 Å². The minimum atomic E-state index is 0.0989. The standard InChI is InChI=1S/C16H28N2O/c1-4-18(7-5-9-19)8-6-16(17)15-11-13(2)10-14(3)12-15/h10-12,16,19H,4-9,17H2,1-3H3. The van der Waals surface area contributed by atoms with Gasteiger partial charge in [0.2, 0.25) is 0 Å². The number of nitrogens with zero attached hydrogens (tertiary/aromatic N) is 1. The van der Waals surface area contributed by atoms with Crippen molar-refractivity contribution >= 4 is 0 Å². The van der Waals surface area contributed by atoms with Gasteiger partial charge in [-0.25, -0.2) is 0 Å². The molecule has 0 spiro atoms. The first kappa shape index (κ1) is 16.2. The van der Waals surface area contributed by atoms with E-state index in [0.717, 1.165) is 32.5 Å². The van der Waals surface area contributed by atoms with Crippen LogP contribution in [0.5, 0.6) is 0 Å². The van der Waals surface area contributed by atoms with Crippen LogP contribution in [0, 0.1) is 13.8 Å². The van der Waals surface area contributed by atoms with Crippen molar-refractivity contribution in [3.05, 3.63) is 34.9 Å². The van der Waals surface area contributed by atoms with Crippen LogP contribution in [0.3, 0.4) is 0 Å². The number of aryl methyl sites for hydroxylation is 2. The molecule has 3 N–H and O–H groups in total. The lowest BCUT2D eigenvalue weighted by Gasteiger charge is -2.22. The van der Waals surface area contributed by atoms with Crippen LogP contribution in [0.2, 0.25) is 0 Å². The highest BCUT2D eigenvalue weighted by Gasteiger charge is 2.09. The average Bonchev–Trinajstić information content (AvgIpc) is 2.37. The molecule has 1 aromatic rings. The van der Waals surface area contributed by atoms with Gasteiger partial charge in [-0.2, -0.15) is 0 Å². The van der Waals surface area contributed by atoms with Crippen molar-refractivity contribution in [3.63, 3.8) is 0 Å². The summed E-state index contributed by atoms with van der Waals surface area (Å²) >= 11 is 0. The monoisotopic (exact) mass is 264 g/mol. The third-order valence-corrected chi connectivity index (χ3v) is 3.51. The molecule has 0 radical (unpaired) electrons. The molecule has 0 aliphatic heterocycles. The number of aliphatic hydroxyl groups is 1. The van der Waals surface area contributed by atoms with Crippen molar-refractivity contribution < 1.29 is 5.11 Å².